The summed E-state index contributed by atoms with van der Waals surface area (Å²) in [5.74, 6) is 0.636. The molecule has 124 valence electrons. The summed E-state index contributed by atoms with van der Waals surface area (Å²) in [5.41, 5.74) is 0. The molecule has 0 radical (unpaired) electrons. The maximum atomic E-state index is 12.5. The van der Waals surface area contributed by atoms with Crippen molar-refractivity contribution in [3.63, 3.8) is 0 Å². The summed E-state index contributed by atoms with van der Waals surface area (Å²) in [6.45, 7) is 4.28. The number of hydrogen-bond donors (Lipinski definition) is 0. The first-order chi connectivity index (χ1) is 11.1. The Labute approximate surface area is 144 Å². The zero-order valence-electron chi connectivity index (χ0n) is 13.7. The SMILES string of the molecule is CCOC(=O)CC/C=C\[C@H]1CC([Se]c2ccccc2)C(=O)[C@@H]1C. The van der Waals surface area contributed by atoms with Crippen molar-refractivity contribution in [1.82, 2.24) is 0 Å². The van der Waals surface area contributed by atoms with Gasteiger partial charge in [-0.25, -0.2) is 0 Å². The molecule has 1 aromatic carbocycles. The van der Waals surface area contributed by atoms with Gasteiger partial charge in [0, 0.05) is 0 Å². The molecule has 0 amide bonds. The van der Waals surface area contributed by atoms with Crippen molar-refractivity contribution in [3.05, 3.63) is 42.5 Å². The topological polar surface area (TPSA) is 43.4 Å². The molecule has 0 saturated heterocycles. The average molecular weight is 379 g/mol. The predicted molar refractivity (Wildman–Crippen MR) is 92.9 cm³/mol. The third-order valence-corrected chi connectivity index (χ3v) is 6.75. The molecule has 23 heavy (non-hydrogen) atoms. The fourth-order valence-corrected chi connectivity index (χ4v) is 5.50. The first-order valence-electron chi connectivity index (χ1n) is 8.19. The van der Waals surface area contributed by atoms with Gasteiger partial charge in [0.2, 0.25) is 0 Å². The second-order valence-electron chi connectivity index (χ2n) is 5.78. The molecule has 3 atom stereocenters. The summed E-state index contributed by atoms with van der Waals surface area (Å²) in [4.78, 5) is 23.9. The molecule has 0 aromatic heterocycles. The number of carbonyl (C=O) groups is 2. The molecule has 4 heteroatoms. The van der Waals surface area contributed by atoms with Gasteiger partial charge in [-0.05, 0) is 0 Å². The van der Waals surface area contributed by atoms with Crippen molar-refractivity contribution < 1.29 is 14.3 Å². The van der Waals surface area contributed by atoms with Crippen molar-refractivity contribution in [2.75, 3.05) is 6.61 Å². The number of hydrogen-bond acceptors (Lipinski definition) is 3. The van der Waals surface area contributed by atoms with Gasteiger partial charge in [-0.15, -0.1) is 0 Å². The summed E-state index contributed by atoms with van der Waals surface area (Å²) in [6.07, 6.45) is 6.19. The molecule has 0 N–H and O–H groups in total. The normalized spacial score (nSPS) is 24.3. The number of ketones is 1. The Morgan fingerprint density at radius 3 is 2.78 bits per heavy atom. The Balaban J connectivity index is 1.84. The van der Waals surface area contributed by atoms with Gasteiger partial charge >= 0.3 is 144 Å². The number of allylic oxidation sites excluding steroid dienone is 2. The molecular formula is C19H24O3Se. The molecule has 1 saturated carbocycles. The molecule has 1 aliphatic rings. The van der Waals surface area contributed by atoms with Gasteiger partial charge in [-0.1, -0.05) is 0 Å². The molecular weight excluding hydrogens is 355 g/mol. The number of rotatable bonds is 7. The van der Waals surface area contributed by atoms with Gasteiger partial charge < -0.3 is 0 Å². The number of ether oxygens (including phenoxy) is 1. The van der Waals surface area contributed by atoms with E-state index in [1.807, 2.05) is 38.1 Å². The van der Waals surface area contributed by atoms with Crippen LogP contribution >= 0.6 is 0 Å². The van der Waals surface area contributed by atoms with E-state index in [0.717, 1.165) is 6.42 Å². The molecule has 3 nitrogen and oxygen atoms in total. The minimum absolute atomic E-state index is 0.0874. The van der Waals surface area contributed by atoms with Crippen LogP contribution in [0.3, 0.4) is 0 Å². The van der Waals surface area contributed by atoms with E-state index in [0.29, 0.717) is 31.1 Å². The molecule has 0 heterocycles. The van der Waals surface area contributed by atoms with Gasteiger partial charge in [-0.2, -0.15) is 0 Å². The van der Waals surface area contributed by atoms with Crippen molar-refractivity contribution in [2.24, 2.45) is 11.8 Å². The van der Waals surface area contributed by atoms with E-state index < -0.39 is 0 Å². The van der Waals surface area contributed by atoms with Crippen LogP contribution in [0, 0.1) is 11.8 Å². The summed E-state index contributed by atoms with van der Waals surface area (Å²) >= 11 is 0.208. The second-order valence-corrected chi connectivity index (χ2v) is 8.46. The van der Waals surface area contributed by atoms with Gasteiger partial charge in [0.05, 0.1) is 0 Å². The van der Waals surface area contributed by atoms with Crippen LogP contribution in [0.25, 0.3) is 0 Å². The van der Waals surface area contributed by atoms with Gasteiger partial charge in [0.15, 0.2) is 0 Å². The first-order valence-corrected chi connectivity index (χ1v) is 10.0. The van der Waals surface area contributed by atoms with Crippen molar-refractivity contribution in [1.29, 1.82) is 0 Å². The zero-order chi connectivity index (χ0) is 16.7. The third-order valence-electron chi connectivity index (χ3n) is 4.12. The Morgan fingerprint density at radius 2 is 2.09 bits per heavy atom. The van der Waals surface area contributed by atoms with E-state index >= 15 is 0 Å². The van der Waals surface area contributed by atoms with Gasteiger partial charge in [0.25, 0.3) is 0 Å². The van der Waals surface area contributed by atoms with Crippen LogP contribution in [0.4, 0.5) is 0 Å². The average Bonchev–Trinajstić information content (AvgIpc) is 2.81. The Hall–Kier alpha value is -1.38. The number of Topliss-reactive ketones (excluding diaryl/α,β-unsaturated/α-hetero) is 1. The van der Waals surface area contributed by atoms with E-state index in [4.69, 9.17) is 4.74 Å². The van der Waals surface area contributed by atoms with Crippen LogP contribution < -0.4 is 4.46 Å². The fraction of sp³-hybridized carbons (Fsp3) is 0.474. The van der Waals surface area contributed by atoms with E-state index in [-0.39, 0.29) is 31.7 Å². The van der Waals surface area contributed by atoms with Crippen molar-refractivity contribution in [3.8, 4) is 0 Å². The van der Waals surface area contributed by atoms with E-state index in [1.54, 1.807) is 0 Å². The van der Waals surface area contributed by atoms with Crippen molar-refractivity contribution in [2.45, 2.75) is 37.9 Å². The summed E-state index contributed by atoms with van der Waals surface area (Å²) in [5, 5.41) is 0. The molecule has 0 aliphatic heterocycles. The third kappa shape index (κ3) is 5.33. The number of esters is 1. The van der Waals surface area contributed by atoms with Crippen LogP contribution in [0.5, 0.6) is 0 Å². The Bertz CT molecular complexity index is 553. The van der Waals surface area contributed by atoms with Crippen LogP contribution in [-0.2, 0) is 14.3 Å². The van der Waals surface area contributed by atoms with Crippen LogP contribution in [0.15, 0.2) is 42.5 Å². The standard InChI is InChI=1S/C19H24O3Se/c1-3-22-18(20)12-8-7-9-15-13-17(19(21)14(15)2)23-16-10-5-4-6-11-16/h4-7,9-11,14-15,17H,3,8,12-13H2,1-2H3/b9-7-/t14-,15+,17?/m1/s1. The molecule has 2 rings (SSSR count). The van der Waals surface area contributed by atoms with Crippen LogP contribution in [0.1, 0.15) is 33.1 Å². The fourth-order valence-electron chi connectivity index (χ4n) is 2.79. The zero-order valence-corrected chi connectivity index (χ0v) is 15.4. The van der Waals surface area contributed by atoms with E-state index in [2.05, 4.69) is 18.2 Å². The molecule has 0 spiro atoms. The Kier molecular flexibility index (Phi) is 7.07. The predicted octanol–water partition coefficient (Wildman–Crippen LogP) is 2.93. The first kappa shape index (κ1) is 18.0. The van der Waals surface area contributed by atoms with E-state index in [1.165, 1.54) is 4.46 Å². The van der Waals surface area contributed by atoms with Gasteiger partial charge in [-0.3, -0.25) is 0 Å². The summed E-state index contributed by atoms with van der Waals surface area (Å²) in [7, 11) is 0. The van der Waals surface area contributed by atoms with Gasteiger partial charge in [0.1, 0.15) is 0 Å². The molecule has 1 fully saturated rings. The minimum atomic E-state index is -0.155. The molecule has 1 aromatic rings. The van der Waals surface area contributed by atoms with Crippen LogP contribution in [-0.4, -0.2) is 33.3 Å². The second kappa shape index (κ2) is 9.05. The van der Waals surface area contributed by atoms with E-state index in [9.17, 15) is 9.59 Å². The molecule has 1 aliphatic carbocycles. The van der Waals surface area contributed by atoms with Crippen molar-refractivity contribution >= 4 is 31.2 Å². The monoisotopic (exact) mass is 380 g/mol. The summed E-state index contributed by atoms with van der Waals surface area (Å²) in [6, 6.07) is 10.3. The quantitative estimate of drug-likeness (QED) is 0.416. The molecule has 0 bridgehead atoms. The number of benzene rings is 1. The molecule has 1 unspecified atom stereocenters. The maximum absolute atomic E-state index is 12.5. The summed E-state index contributed by atoms with van der Waals surface area (Å²) < 4.78 is 6.20. The number of carbonyl (C=O) groups excluding carboxylic acids is 2. The van der Waals surface area contributed by atoms with Crippen LogP contribution in [0.2, 0.25) is 4.82 Å². The Morgan fingerprint density at radius 1 is 1.35 bits per heavy atom.